The summed E-state index contributed by atoms with van der Waals surface area (Å²) in [5.74, 6) is 0.351. The minimum Gasteiger partial charge on any atom is -0.355 e. The summed E-state index contributed by atoms with van der Waals surface area (Å²) in [5.41, 5.74) is 3.10. The van der Waals surface area contributed by atoms with Gasteiger partial charge in [-0.1, -0.05) is 24.3 Å². The van der Waals surface area contributed by atoms with Gasteiger partial charge in [0.25, 0.3) is 5.91 Å². The summed E-state index contributed by atoms with van der Waals surface area (Å²) < 4.78 is 13.1. The maximum Gasteiger partial charge on any atom is 0.255 e. The second-order valence-corrected chi connectivity index (χ2v) is 7.92. The molecule has 1 saturated heterocycles. The second kappa shape index (κ2) is 10.2. The van der Waals surface area contributed by atoms with Crippen LogP contribution in [0.5, 0.6) is 0 Å². The molecule has 1 fully saturated rings. The zero-order valence-corrected chi connectivity index (χ0v) is 18.3. The summed E-state index contributed by atoms with van der Waals surface area (Å²) in [5, 5.41) is 2.90. The van der Waals surface area contributed by atoms with Crippen LogP contribution in [0, 0.1) is 5.82 Å². The average molecular weight is 421 g/mol. The van der Waals surface area contributed by atoms with Crippen molar-refractivity contribution in [2.45, 2.75) is 19.4 Å². The fourth-order valence-corrected chi connectivity index (χ4v) is 3.58. The predicted molar refractivity (Wildman–Crippen MR) is 124 cm³/mol. The van der Waals surface area contributed by atoms with Crippen LogP contribution in [0.15, 0.2) is 77.2 Å². The minimum atomic E-state index is -0.270. The molecule has 0 radical (unpaired) electrons. The Labute approximate surface area is 183 Å². The number of halogens is 1. The van der Waals surface area contributed by atoms with Crippen molar-refractivity contribution in [3.05, 3.63) is 83.6 Å². The van der Waals surface area contributed by atoms with Gasteiger partial charge in [-0.2, -0.15) is 0 Å². The lowest BCUT2D eigenvalue weighted by Crippen LogP contribution is -2.31. The van der Waals surface area contributed by atoms with Crippen LogP contribution < -0.4 is 5.32 Å². The summed E-state index contributed by atoms with van der Waals surface area (Å²) in [4.78, 5) is 21.1. The van der Waals surface area contributed by atoms with Gasteiger partial charge in [0, 0.05) is 30.4 Å². The molecule has 0 unspecified atom stereocenters. The van der Waals surface area contributed by atoms with Gasteiger partial charge in [0.2, 0.25) is 0 Å². The fourth-order valence-electron chi connectivity index (χ4n) is 3.58. The van der Waals surface area contributed by atoms with E-state index in [1.165, 1.54) is 12.1 Å². The molecule has 1 N–H and O–H groups in total. The molecule has 2 aromatic carbocycles. The van der Waals surface area contributed by atoms with E-state index >= 15 is 0 Å². The van der Waals surface area contributed by atoms with Crippen molar-refractivity contribution in [2.24, 2.45) is 4.99 Å². The number of carbonyl (C=O) groups excluding carboxylic acids is 1. The number of nitrogens with zero attached hydrogens (tertiary/aromatic N) is 3. The number of nitrogens with one attached hydrogen (secondary N) is 1. The summed E-state index contributed by atoms with van der Waals surface area (Å²) in [6, 6.07) is 14.0. The lowest BCUT2D eigenvalue weighted by Gasteiger charge is -2.21. The maximum absolute atomic E-state index is 13.1. The first-order valence-corrected chi connectivity index (χ1v) is 10.3. The van der Waals surface area contributed by atoms with Gasteiger partial charge in [-0.05, 0) is 81.7 Å². The molecule has 1 amide bonds. The Balaban J connectivity index is 1.62. The van der Waals surface area contributed by atoms with Crippen LogP contribution in [0.3, 0.4) is 0 Å². The molecule has 5 nitrogen and oxygen atoms in total. The van der Waals surface area contributed by atoms with Gasteiger partial charge in [-0.3, -0.25) is 4.79 Å². The first-order chi connectivity index (χ1) is 14.9. The van der Waals surface area contributed by atoms with E-state index in [0.717, 1.165) is 42.2 Å². The third-order valence-electron chi connectivity index (χ3n) is 5.50. The van der Waals surface area contributed by atoms with Gasteiger partial charge in [0.15, 0.2) is 0 Å². The van der Waals surface area contributed by atoms with Gasteiger partial charge in [-0.15, -0.1) is 0 Å². The topological polar surface area (TPSA) is 47.9 Å². The van der Waals surface area contributed by atoms with Crippen molar-refractivity contribution < 1.29 is 9.18 Å². The molecule has 0 spiro atoms. The third kappa shape index (κ3) is 5.89. The molecule has 31 heavy (non-hydrogen) atoms. The Morgan fingerprint density at radius 3 is 2.29 bits per heavy atom. The first kappa shape index (κ1) is 22.4. The minimum absolute atomic E-state index is 0.185. The van der Waals surface area contributed by atoms with Crippen LogP contribution in [-0.4, -0.2) is 55.7 Å². The van der Waals surface area contributed by atoms with E-state index in [1.54, 1.807) is 24.3 Å². The van der Waals surface area contributed by atoms with E-state index in [0.29, 0.717) is 11.6 Å². The smallest absolute Gasteiger partial charge is 0.255 e. The number of aliphatic imine (C=N–C) groups is 1. The Morgan fingerprint density at radius 1 is 1.13 bits per heavy atom. The third-order valence-corrected chi connectivity index (χ3v) is 5.50. The molecule has 0 bridgehead atoms. The molecule has 0 aromatic heterocycles. The number of likely N-dealkylation sites (tertiary alicyclic amines) is 1. The van der Waals surface area contributed by atoms with Crippen molar-refractivity contribution in [3.8, 4) is 11.1 Å². The van der Waals surface area contributed by atoms with Crippen LogP contribution in [0.25, 0.3) is 11.1 Å². The number of allylic oxidation sites excluding steroid dienone is 3. The first-order valence-electron chi connectivity index (χ1n) is 10.3. The maximum atomic E-state index is 13.1. The Hall–Kier alpha value is -3.25. The number of carbonyl (C=O) groups is 1. The van der Waals surface area contributed by atoms with Crippen molar-refractivity contribution in [1.82, 2.24) is 15.1 Å². The predicted octanol–water partition coefficient (Wildman–Crippen LogP) is 4.30. The van der Waals surface area contributed by atoms with Crippen molar-refractivity contribution in [2.75, 3.05) is 27.2 Å². The molecule has 0 saturated carbocycles. The molecule has 3 rings (SSSR count). The van der Waals surface area contributed by atoms with Gasteiger partial charge in [0.1, 0.15) is 11.6 Å². The van der Waals surface area contributed by atoms with Crippen LogP contribution >= 0.6 is 0 Å². The van der Waals surface area contributed by atoms with Crippen molar-refractivity contribution in [3.63, 3.8) is 0 Å². The van der Waals surface area contributed by atoms with Gasteiger partial charge in [0.05, 0.1) is 0 Å². The molecule has 0 aliphatic carbocycles. The summed E-state index contributed by atoms with van der Waals surface area (Å²) >= 11 is 0. The summed E-state index contributed by atoms with van der Waals surface area (Å²) in [7, 11) is 4.18. The van der Waals surface area contributed by atoms with Crippen LogP contribution in [0.2, 0.25) is 0 Å². The number of hydrogen-bond acceptors (Lipinski definition) is 4. The van der Waals surface area contributed by atoms with E-state index < -0.39 is 0 Å². The molecule has 1 heterocycles. The SMILES string of the molecule is C=N/C(=C\C=C(/C)NC(=O)c1ccc(-c2ccc(F)cc2)cc1)N1CC[C@@H](N(C)C)C1. The molecule has 162 valence electrons. The monoisotopic (exact) mass is 420 g/mol. The van der Waals surface area contributed by atoms with E-state index in [1.807, 2.05) is 31.2 Å². The highest BCUT2D eigenvalue weighted by molar-refractivity contribution is 5.95. The lowest BCUT2D eigenvalue weighted by atomic mass is 10.0. The largest absolute Gasteiger partial charge is 0.355 e. The van der Waals surface area contributed by atoms with Gasteiger partial charge >= 0.3 is 0 Å². The number of benzene rings is 2. The average Bonchev–Trinajstić information content (AvgIpc) is 3.25. The van der Waals surface area contributed by atoms with E-state index in [9.17, 15) is 9.18 Å². The highest BCUT2D eigenvalue weighted by Gasteiger charge is 2.24. The lowest BCUT2D eigenvalue weighted by molar-refractivity contribution is 0.0966. The van der Waals surface area contributed by atoms with Crippen LogP contribution in [-0.2, 0) is 0 Å². The highest BCUT2D eigenvalue weighted by Crippen LogP contribution is 2.21. The normalized spacial score (nSPS) is 17.2. The van der Waals surface area contributed by atoms with E-state index in [2.05, 4.69) is 40.9 Å². The Bertz CT molecular complexity index is 978. The summed E-state index contributed by atoms with van der Waals surface area (Å²) in [6.45, 7) is 7.38. The zero-order valence-electron chi connectivity index (χ0n) is 18.3. The number of rotatable bonds is 7. The van der Waals surface area contributed by atoms with Crippen LogP contribution in [0.1, 0.15) is 23.7 Å². The molecule has 1 aliphatic heterocycles. The standard InChI is InChI=1S/C25H29FN4O/c1-18(5-14-24(27-2)30-16-15-23(17-30)29(3)4)28-25(31)21-8-6-19(7-9-21)20-10-12-22(26)13-11-20/h5-14,23H,2,15-17H2,1,3-4H3,(H,28,31)/b18-5+,24-14+/t23-/m1/s1. The van der Waals surface area contributed by atoms with Crippen molar-refractivity contribution >= 4 is 12.6 Å². The molecular weight excluding hydrogens is 391 g/mol. The number of amides is 1. The molecular formula is C25H29FN4O. The number of hydrogen-bond donors (Lipinski definition) is 1. The van der Waals surface area contributed by atoms with Gasteiger partial charge < -0.3 is 15.1 Å². The van der Waals surface area contributed by atoms with Gasteiger partial charge in [-0.25, -0.2) is 9.38 Å². The fraction of sp³-hybridized carbons (Fsp3) is 0.280. The zero-order chi connectivity index (χ0) is 22.4. The highest BCUT2D eigenvalue weighted by atomic mass is 19.1. The van der Waals surface area contributed by atoms with Crippen LogP contribution in [0.4, 0.5) is 4.39 Å². The second-order valence-electron chi connectivity index (χ2n) is 7.92. The molecule has 1 atom stereocenters. The molecule has 2 aromatic rings. The van der Waals surface area contributed by atoms with Crippen molar-refractivity contribution in [1.29, 1.82) is 0 Å². The Morgan fingerprint density at radius 2 is 1.74 bits per heavy atom. The molecule has 6 heteroatoms. The molecule has 1 aliphatic rings. The van der Waals surface area contributed by atoms with E-state index in [-0.39, 0.29) is 11.7 Å². The Kier molecular flexibility index (Phi) is 7.36. The summed E-state index contributed by atoms with van der Waals surface area (Å²) in [6.07, 6.45) is 4.82. The quantitative estimate of drug-likeness (QED) is 0.537. The van der Waals surface area contributed by atoms with E-state index in [4.69, 9.17) is 0 Å². The number of likely N-dealkylation sites (N-methyl/N-ethyl adjacent to an activating group) is 1.